The number of methoxy groups -OCH3 is 2. The zero-order chi connectivity index (χ0) is 16.3. The first-order chi connectivity index (χ1) is 9.60. The van der Waals surface area contributed by atoms with Crippen LogP contribution in [-0.2, 0) is 11.2 Å². The molecule has 21 heavy (non-hydrogen) atoms. The van der Waals surface area contributed by atoms with Crippen LogP contribution >= 0.6 is 0 Å². The van der Waals surface area contributed by atoms with Crippen LogP contribution < -0.4 is 14.8 Å². The van der Waals surface area contributed by atoms with Gasteiger partial charge in [-0.1, -0.05) is 6.07 Å². The number of carbonyl (C=O) groups is 1. The largest absolute Gasteiger partial charge is 0.497 e. The Bertz CT molecular complexity index is 503. The summed E-state index contributed by atoms with van der Waals surface area (Å²) in [5.41, 5.74) is -0.987. The number of hydrogen-bond donors (Lipinski definition) is 2. The summed E-state index contributed by atoms with van der Waals surface area (Å²) in [6.07, 6.45) is 0.173. The van der Waals surface area contributed by atoms with Gasteiger partial charge in [0.15, 0.2) is 0 Å². The van der Waals surface area contributed by atoms with Gasteiger partial charge in [0.05, 0.1) is 31.8 Å². The van der Waals surface area contributed by atoms with E-state index >= 15 is 0 Å². The molecule has 0 fully saturated rings. The Kier molecular flexibility index (Phi) is 5.23. The average molecular weight is 295 g/mol. The van der Waals surface area contributed by atoms with Crippen molar-refractivity contribution < 1.29 is 19.4 Å². The van der Waals surface area contributed by atoms with Crippen molar-refractivity contribution in [2.75, 3.05) is 14.2 Å². The van der Waals surface area contributed by atoms with Crippen molar-refractivity contribution in [3.8, 4) is 11.5 Å². The van der Waals surface area contributed by atoms with E-state index in [9.17, 15) is 9.90 Å². The lowest BCUT2D eigenvalue weighted by Gasteiger charge is -2.38. The van der Waals surface area contributed by atoms with E-state index in [2.05, 4.69) is 5.32 Å². The van der Waals surface area contributed by atoms with E-state index in [0.29, 0.717) is 11.5 Å². The van der Waals surface area contributed by atoms with E-state index in [1.54, 1.807) is 60.1 Å². The van der Waals surface area contributed by atoms with Crippen molar-refractivity contribution >= 4 is 5.91 Å². The second-order valence-corrected chi connectivity index (χ2v) is 6.09. The maximum atomic E-state index is 12.2. The summed E-state index contributed by atoms with van der Waals surface area (Å²) >= 11 is 0. The Morgan fingerprint density at radius 3 is 2.29 bits per heavy atom. The van der Waals surface area contributed by atoms with Crippen LogP contribution in [0, 0.1) is 0 Å². The highest BCUT2D eigenvalue weighted by molar-refractivity contribution is 5.80. The lowest BCUT2D eigenvalue weighted by Crippen LogP contribution is -2.58. The fourth-order valence-electron chi connectivity index (χ4n) is 1.72. The van der Waals surface area contributed by atoms with Crippen molar-refractivity contribution in [2.24, 2.45) is 0 Å². The number of ether oxygens (including phenoxy) is 2. The number of carbonyl (C=O) groups excluding carboxylic acids is 1. The number of hydrogen-bond acceptors (Lipinski definition) is 4. The van der Waals surface area contributed by atoms with Crippen molar-refractivity contribution in [3.05, 3.63) is 23.8 Å². The summed E-state index contributed by atoms with van der Waals surface area (Å²) in [7, 11) is 3.13. The zero-order valence-corrected chi connectivity index (χ0v) is 13.6. The summed E-state index contributed by atoms with van der Waals surface area (Å²) < 4.78 is 10.4. The van der Waals surface area contributed by atoms with E-state index in [1.165, 1.54) is 0 Å². The van der Waals surface area contributed by atoms with Gasteiger partial charge in [-0.05, 0) is 33.8 Å². The minimum Gasteiger partial charge on any atom is -0.497 e. The first kappa shape index (κ1) is 17.3. The van der Waals surface area contributed by atoms with Crippen LogP contribution in [0.2, 0.25) is 0 Å². The van der Waals surface area contributed by atoms with Gasteiger partial charge in [0.2, 0.25) is 5.91 Å². The molecule has 0 spiro atoms. The Morgan fingerprint density at radius 2 is 1.81 bits per heavy atom. The molecule has 2 N–H and O–H groups in total. The minimum absolute atomic E-state index is 0.173. The van der Waals surface area contributed by atoms with Gasteiger partial charge in [0.25, 0.3) is 0 Å². The Hall–Kier alpha value is -1.75. The maximum absolute atomic E-state index is 12.2. The van der Waals surface area contributed by atoms with E-state index in [1.807, 2.05) is 0 Å². The van der Waals surface area contributed by atoms with Crippen LogP contribution in [0.15, 0.2) is 18.2 Å². The van der Waals surface area contributed by atoms with Crippen LogP contribution in [0.3, 0.4) is 0 Å². The van der Waals surface area contributed by atoms with Gasteiger partial charge < -0.3 is 19.9 Å². The molecule has 5 nitrogen and oxygen atoms in total. The Morgan fingerprint density at radius 1 is 1.19 bits per heavy atom. The third-order valence-electron chi connectivity index (χ3n) is 3.83. The standard InChI is InChI=1S/C16H25NO4/c1-15(2,16(3,4)19)17-14(18)9-11-7-8-12(20-5)10-13(11)21-6/h7-8,10,19H,9H2,1-6H3,(H,17,18). The molecule has 0 aromatic heterocycles. The highest BCUT2D eigenvalue weighted by atomic mass is 16.5. The number of nitrogens with one attached hydrogen (secondary N) is 1. The molecule has 0 atom stereocenters. The normalized spacial score (nSPS) is 12.0. The Labute approximate surface area is 126 Å². The van der Waals surface area contributed by atoms with E-state index in [4.69, 9.17) is 9.47 Å². The molecule has 0 aliphatic rings. The molecule has 118 valence electrons. The summed E-state index contributed by atoms with van der Waals surface area (Å²) in [5.74, 6) is 1.10. The van der Waals surface area contributed by atoms with Crippen molar-refractivity contribution in [3.63, 3.8) is 0 Å². The van der Waals surface area contributed by atoms with Gasteiger partial charge in [0, 0.05) is 11.6 Å². The summed E-state index contributed by atoms with van der Waals surface area (Å²) in [4.78, 5) is 12.2. The van der Waals surface area contributed by atoms with Gasteiger partial charge in [0.1, 0.15) is 11.5 Å². The van der Waals surface area contributed by atoms with Gasteiger partial charge >= 0.3 is 0 Å². The number of benzene rings is 1. The molecule has 1 aromatic carbocycles. The fourth-order valence-corrected chi connectivity index (χ4v) is 1.72. The number of amides is 1. The van der Waals surface area contributed by atoms with Gasteiger partial charge in [-0.15, -0.1) is 0 Å². The van der Waals surface area contributed by atoms with Crippen LogP contribution in [0.4, 0.5) is 0 Å². The highest BCUT2D eigenvalue weighted by Gasteiger charge is 2.36. The lowest BCUT2D eigenvalue weighted by atomic mass is 9.86. The summed E-state index contributed by atoms with van der Waals surface area (Å²) in [6.45, 7) is 6.91. The summed E-state index contributed by atoms with van der Waals surface area (Å²) in [5, 5.41) is 12.9. The summed E-state index contributed by atoms with van der Waals surface area (Å²) in [6, 6.07) is 5.32. The molecule has 1 rings (SSSR count). The van der Waals surface area contributed by atoms with Gasteiger partial charge in [-0.25, -0.2) is 0 Å². The molecular formula is C16H25NO4. The second-order valence-electron chi connectivity index (χ2n) is 6.09. The molecule has 0 aliphatic carbocycles. The SMILES string of the molecule is COc1ccc(CC(=O)NC(C)(C)C(C)(C)O)c(OC)c1. The zero-order valence-electron chi connectivity index (χ0n) is 13.6. The molecule has 0 aliphatic heterocycles. The smallest absolute Gasteiger partial charge is 0.225 e. The predicted molar refractivity (Wildman–Crippen MR) is 81.8 cm³/mol. The molecule has 0 heterocycles. The molecular weight excluding hydrogens is 270 g/mol. The van der Waals surface area contributed by atoms with E-state index < -0.39 is 11.1 Å². The number of rotatable bonds is 6. The quantitative estimate of drug-likeness (QED) is 0.841. The number of aliphatic hydroxyl groups is 1. The molecule has 1 aromatic rings. The van der Waals surface area contributed by atoms with Crippen molar-refractivity contribution in [2.45, 2.75) is 45.3 Å². The average Bonchev–Trinajstić information content (AvgIpc) is 2.37. The lowest BCUT2D eigenvalue weighted by molar-refractivity contribution is -0.125. The molecule has 0 saturated heterocycles. The maximum Gasteiger partial charge on any atom is 0.225 e. The predicted octanol–water partition coefficient (Wildman–Crippen LogP) is 1.91. The highest BCUT2D eigenvalue weighted by Crippen LogP contribution is 2.26. The monoisotopic (exact) mass is 295 g/mol. The van der Waals surface area contributed by atoms with Crippen LogP contribution in [0.25, 0.3) is 0 Å². The minimum atomic E-state index is -1.02. The molecule has 0 radical (unpaired) electrons. The van der Waals surface area contributed by atoms with E-state index in [-0.39, 0.29) is 12.3 Å². The van der Waals surface area contributed by atoms with Crippen LogP contribution in [0.1, 0.15) is 33.3 Å². The van der Waals surface area contributed by atoms with Gasteiger partial charge in [-0.2, -0.15) is 0 Å². The third kappa shape index (κ3) is 4.36. The van der Waals surface area contributed by atoms with Crippen molar-refractivity contribution in [1.29, 1.82) is 0 Å². The Balaban J connectivity index is 2.85. The molecule has 0 unspecified atom stereocenters. The second kappa shape index (κ2) is 6.35. The molecule has 0 bridgehead atoms. The molecule has 5 heteroatoms. The van der Waals surface area contributed by atoms with Gasteiger partial charge in [-0.3, -0.25) is 4.79 Å². The first-order valence-electron chi connectivity index (χ1n) is 6.85. The van der Waals surface area contributed by atoms with Crippen LogP contribution in [-0.4, -0.2) is 36.4 Å². The fraction of sp³-hybridized carbons (Fsp3) is 0.562. The molecule has 0 saturated carbocycles. The van der Waals surface area contributed by atoms with Crippen molar-refractivity contribution in [1.82, 2.24) is 5.32 Å². The first-order valence-corrected chi connectivity index (χ1v) is 6.85. The van der Waals surface area contributed by atoms with E-state index in [0.717, 1.165) is 5.56 Å². The van der Waals surface area contributed by atoms with Crippen LogP contribution in [0.5, 0.6) is 11.5 Å². The third-order valence-corrected chi connectivity index (χ3v) is 3.83. The molecule has 1 amide bonds. The topological polar surface area (TPSA) is 67.8 Å².